The van der Waals surface area contributed by atoms with Gasteiger partial charge < -0.3 is 14.2 Å². The fourth-order valence-corrected chi connectivity index (χ4v) is 2.33. The van der Waals surface area contributed by atoms with Gasteiger partial charge in [-0.25, -0.2) is 0 Å². The summed E-state index contributed by atoms with van der Waals surface area (Å²) in [5.41, 5.74) is 5.54. The molecule has 2 N–H and O–H groups in total. The van der Waals surface area contributed by atoms with Crippen LogP contribution >= 0.6 is 0 Å². The van der Waals surface area contributed by atoms with Gasteiger partial charge in [0.25, 0.3) is 11.8 Å². The van der Waals surface area contributed by atoms with Crippen LogP contribution in [-0.4, -0.2) is 38.1 Å². The average Bonchev–Trinajstić information content (AvgIpc) is 2.71. The van der Waals surface area contributed by atoms with E-state index in [1.54, 1.807) is 48.5 Å². The van der Waals surface area contributed by atoms with E-state index in [0.717, 1.165) is 0 Å². The number of nitrogens with one attached hydrogen (secondary N) is 2. The third-order valence-electron chi connectivity index (χ3n) is 3.81. The Morgan fingerprint density at radius 2 is 1.61 bits per heavy atom. The van der Waals surface area contributed by atoms with Crippen molar-refractivity contribution >= 4 is 17.8 Å². The number of rotatable bonds is 7. The number of ether oxygens (including phenoxy) is 3. The highest BCUT2D eigenvalue weighted by Gasteiger charge is 2.19. The van der Waals surface area contributed by atoms with E-state index in [2.05, 4.69) is 10.9 Å². The topological polar surface area (TPSA) is 103 Å². The Hall–Kier alpha value is -3.55. The molecule has 0 saturated heterocycles. The molecule has 0 bridgehead atoms. The van der Waals surface area contributed by atoms with Crippen LogP contribution in [0.1, 0.15) is 22.8 Å². The maximum atomic E-state index is 12.1. The lowest BCUT2D eigenvalue weighted by Crippen LogP contribution is -2.46. The van der Waals surface area contributed by atoms with Gasteiger partial charge in [-0.3, -0.25) is 25.2 Å². The molecule has 2 rings (SSSR count). The second kappa shape index (κ2) is 9.96. The monoisotopic (exact) mass is 386 g/mol. The highest BCUT2D eigenvalue weighted by atomic mass is 16.5. The molecule has 0 saturated carbocycles. The van der Waals surface area contributed by atoms with Gasteiger partial charge in [0.1, 0.15) is 0 Å². The highest BCUT2D eigenvalue weighted by Crippen LogP contribution is 2.27. The summed E-state index contributed by atoms with van der Waals surface area (Å²) in [4.78, 5) is 36.0. The van der Waals surface area contributed by atoms with Crippen LogP contribution in [0.2, 0.25) is 0 Å². The summed E-state index contributed by atoms with van der Waals surface area (Å²) < 4.78 is 15.4. The first-order valence-corrected chi connectivity index (χ1v) is 8.50. The molecule has 1 atom stereocenters. The van der Waals surface area contributed by atoms with Crippen molar-refractivity contribution in [2.75, 3.05) is 14.2 Å². The summed E-state index contributed by atoms with van der Waals surface area (Å²) >= 11 is 0. The predicted molar refractivity (Wildman–Crippen MR) is 101 cm³/mol. The minimum absolute atomic E-state index is 0.0473. The van der Waals surface area contributed by atoms with Gasteiger partial charge in [-0.15, -0.1) is 0 Å². The zero-order valence-corrected chi connectivity index (χ0v) is 15.9. The number of hydrogen-bond donors (Lipinski definition) is 2. The standard InChI is InChI=1S/C20H22N2O6/c1-13(19(24)21-22-20(25)15-7-5-4-6-8-15)28-18(23)12-14-9-10-16(26-2)17(11-14)27-3/h4-11,13H,12H2,1-3H3,(H,21,24)(H,22,25)/t13-/m1/s1. The molecule has 2 aromatic rings. The molecule has 0 aromatic heterocycles. The summed E-state index contributed by atoms with van der Waals surface area (Å²) in [6.45, 7) is 1.41. The second-order valence-electron chi connectivity index (χ2n) is 5.81. The van der Waals surface area contributed by atoms with Crippen LogP contribution in [-0.2, 0) is 20.7 Å². The van der Waals surface area contributed by atoms with Gasteiger partial charge in [0.05, 0.1) is 20.6 Å². The largest absolute Gasteiger partial charge is 0.493 e. The molecule has 148 valence electrons. The fraction of sp³-hybridized carbons (Fsp3) is 0.250. The molecular weight excluding hydrogens is 364 g/mol. The first kappa shape index (κ1) is 20.8. The molecule has 0 unspecified atom stereocenters. The molecule has 2 aromatic carbocycles. The van der Waals surface area contributed by atoms with Crippen molar-refractivity contribution < 1.29 is 28.6 Å². The van der Waals surface area contributed by atoms with E-state index in [1.165, 1.54) is 21.1 Å². The van der Waals surface area contributed by atoms with E-state index in [-0.39, 0.29) is 6.42 Å². The molecule has 28 heavy (non-hydrogen) atoms. The molecule has 0 radical (unpaired) electrons. The third-order valence-corrected chi connectivity index (χ3v) is 3.81. The zero-order chi connectivity index (χ0) is 20.5. The number of methoxy groups -OCH3 is 2. The van der Waals surface area contributed by atoms with Gasteiger partial charge >= 0.3 is 5.97 Å². The maximum Gasteiger partial charge on any atom is 0.311 e. The van der Waals surface area contributed by atoms with Crippen LogP contribution in [0.25, 0.3) is 0 Å². The van der Waals surface area contributed by atoms with E-state index >= 15 is 0 Å². The van der Waals surface area contributed by atoms with E-state index in [9.17, 15) is 14.4 Å². The smallest absolute Gasteiger partial charge is 0.311 e. The van der Waals surface area contributed by atoms with Crippen LogP contribution in [0.4, 0.5) is 0 Å². The average molecular weight is 386 g/mol. The van der Waals surface area contributed by atoms with Gasteiger partial charge in [0.15, 0.2) is 17.6 Å². The van der Waals surface area contributed by atoms with Crippen molar-refractivity contribution in [3.63, 3.8) is 0 Å². The minimum atomic E-state index is -1.08. The van der Waals surface area contributed by atoms with E-state index < -0.39 is 23.9 Å². The van der Waals surface area contributed by atoms with E-state index in [4.69, 9.17) is 14.2 Å². The third kappa shape index (κ3) is 5.73. The van der Waals surface area contributed by atoms with Crippen LogP contribution in [0, 0.1) is 0 Å². The predicted octanol–water partition coefficient (Wildman–Crippen LogP) is 1.64. The molecule has 0 heterocycles. The second-order valence-corrected chi connectivity index (χ2v) is 5.81. The number of amides is 2. The summed E-state index contributed by atoms with van der Waals surface area (Å²) in [7, 11) is 3.01. The molecule has 0 spiro atoms. The lowest BCUT2D eigenvalue weighted by molar-refractivity contribution is -0.154. The van der Waals surface area contributed by atoms with Crippen LogP contribution in [0.15, 0.2) is 48.5 Å². The maximum absolute atomic E-state index is 12.1. The van der Waals surface area contributed by atoms with Gasteiger partial charge in [0.2, 0.25) is 0 Å². The van der Waals surface area contributed by atoms with Crippen molar-refractivity contribution in [3.8, 4) is 11.5 Å². The van der Waals surface area contributed by atoms with Gasteiger partial charge in [0, 0.05) is 5.56 Å². The van der Waals surface area contributed by atoms with Crippen molar-refractivity contribution in [2.45, 2.75) is 19.4 Å². The van der Waals surface area contributed by atoms with Crippen molar-refractivity contribution in [1.82, 2.24) is 10.9 Å². The molecule has 2 amide bonds. The molecule has 0 aliphatic rings. The Morgan fingerprint density at radius 3 is 2.25 bits per heavy atom. The number of benzene rings is 2. The molecule has 8 heteroatoms. The van der Waals surface area contributed by atoms with Gasteiger partial charge in [-0.1, -0.05) is 24.3 Å². The number of hydrazine groups is 1. The molecule has 0 aliphatic carbocycles. The number of carbonyl (C=O) groups excluding carboxylic acids is 3. The van der Waals surface area contributed by atoms with Crippen molar-refractivity contribution in [3.05, 3.63) is 59.7 Å². The molecule has 0 aliphatic heterocycles. The summed E-state index contributed by atoms with van der Waals surface area (Å²) in [5.74, 6) is -0.685. The molecule has 8 nitrogen and oxygen atoms in total. The fourth-order valence-electron chi connectivity index (χ4n) is 2.33. The summed E-state index contributed by atoms with van der Waals surface area (Å²) in [5, 5.41) is 0. The van der Waals surface area contributed by atoms with E-state index in [0.29, 0.717) is 22.6 Å². The quantitative estimate of drug-likeness (QED) is 0.554. The Bertz CT molecular complexity index is 838. The van der Waals surface area contributed by atoms with Gasteiger partial charge in [-0.2, -0.15) is 0 Å². The van der Waals surface area contributed by atoms with Crippen LogP contribution < -0.4 is 20.3 Å². The number of hydrogen-bond acceptors (Lipinski definition) is 6. The van der Waals surface area contributed by atoms with Crippen molar-refractivity contribution in [2.24, 2.45) is 0 Å². The summed E-state index contributed by atoms with van der Waals surface area (Å²) in [6.07, 6.45) is -1.13. The van der Waals surface area contributed by atoms with Crippen LogP contribution in [0.3, 0.4) is 0 Å². The Labute approximate surface area is 162 Å². The number of carbonyl (C=O) groups is 3. The number of esters is 1. The Kier molecular flexibility index (Phi) is 7.38. The van der Waals surface area contributed by atoms with Gasteiger partial charge in [-0.05, 0) is 36.8 Å². The summed E-state index contributed by atoms with van der Waals surface area (Å²) in [6, 6.07) is 13.4. The zero-order valence-electron chi connectivity index (χ0n) is 15.9. The highest BCUT2D eigenvalue weighted by molar-refractivity contribution is 5.95. The normalized spacial score (nSPS) is 11.1. The Balaban J connectivity index is 1.84. The lowest BCUT2D eigenvalue weighted by atomic mass is 10.1. The lowest BCUT2D eigenvalue weighted by Gasteiger charge is -2.14. The first-order valence-electron chi connectivity index (χ1n) is 8.50. The van der Waals surface area contributed by atoms with E-state index in [1.807, 2.05) is 0 Å². The minimum Gasteiger partial charge on any atom is -0.493 e. The first-order chi connectivity index (χ1) is 13.4. The SMILES string of the molecule is COc1ccc(CC(=O)O[C@H](C)C(=O)NNC(=O)c2ccccc2)cc1OC. The van der Waals surface area contributed by atoms with Crippen LogP contribution in [0.5, 0.6) is 11.5 Å². The molecular formula is C20H22N2O6. The molecule has 0 fully saturated rings. The van der Waals surface area contributed by atoms with Crippen molar-refractivity contribution in [1.29, 1.82) is 0 Å². The Morgan fingerprint density at radius 1 is 0.929 bits per heavy atom.